The molecule has 2 aliphatic heterocycles. The van der Waals surface area contributed by atoms with Crippen LogP contribution in [0.2, 0.25) is 5.02 Å². The van der Waals surface area contributed by atoms with Crippen LogP contribution in [-0.2, 0) is 4.79 Å². The number of amides is 1. The molecule has 0 saturated carbocycles. The summed E-state index contributed by atoms with van der Waals surface area (Å²) in [5.74, 6) is -0.207. The summed E-state index contributed by atoms with van der Waals surface area (Å²) >= 11 is 6.28. The molecule has 6 heteroatoms. The molecule has 3 rings (SSSR count). The molecule has 1 saturated heterocycles. The Morgan fingerprint density at radius 3 is 3.00 bits per heavy atom. The summed E-state index contributed by atoms with van der Waals surface area (Å²) in [5.41, 5.74) is 8.08. The Bertz CT molecular complexity index is 535. The highest BCUT2D eigenvalue weighted by Gasteiger charge is 2.29. The van der Waals surface area contributed by atoms with Gasteiger partial charge in [0.15, 0.2) is 0 Å². The van der Waals surface area contributed by atoms with Crippen LogP contribution in [0.25, 0.3) is 0 Å². The molecule has 2 aliphatic rings. The fourth-order valence-corrected chi connectivity index (χ4v) is 3.00. The maximum Gasteiger partial charge on any atom is 0.245 e. The van der Waals surface area contributed by atoms with Gasteiger partial charge in [0.05, 0.1) is 16.8 Å². The van der Waals surface area contributed by atoms with Crippen molar-refractivity contribution in [1.29, 1.82) is 0 Å². The third-order valence-corrected chi connectivity index (χ3v) is 4.03. The van der Waals surface area contributed by atoms with Crippen molar-refractivity contribution in [2.75, 3.05) is 23.3 Å². The number of piperidine rings is 1. The maximum absolute atomic E-state index is 11.5. The lowest BCUT2D eigenvalue weighted by Crippen LogP contribution is -2.38. The molecule has 2 heterocycles. The van der Waals surface area contributed by atoms with E-state index in [1.165, 1.54) is 0 Å². The molecule has 0 aliphatic carbocycles. The lowest BCUT2D eigenvalue weighted by molar-refractivity contribution is -0.116. The number of aliphatic hydroxyl groups is 1. The number of fused-ring (bicyclic) bond motifs is 1. The Hall–Kier alpha value is -1.30. The van der Waals surface area contributed by atoms with Crippen LogP contribution in [0.1, 0.15) is 24.4 Å². The zero-order valence-corrected chi connectivity index (χ0v) is 11.2. The smallest absolute Gasteiger partial charge is 0.245 e. The van der Waals surface area contributed by atoms with Crippen molar-refractivity contribution in [2.45, 2.75) is 25.0 Å². The van der Waals surface area contributed by atoms with E-state index in [9.17, 15) is 9.90 Å². The minimum Gasteiger partial charge on any atom is -0.391 e. The van der Waals surface area contributed by atoms with Gasteiger partial charge in [0.1, 0.15) is 6.04 Å². The van der Waals surface area contributed by atoms with E-state index in [4.69, 9.17) is 17.3 Å². The molecule has 1 amide bonds. The summed E-state index contributed by atoms with van der Waals surface area (Å²) in [7, 11) is 0. The van der Waals surface area contributed by atoms with Crippen LogP contribution in [-0.4, -0.2) is 30.2 Å². The summed E-state index contributed by atoms with van der Waals surface area (Å²) in [6, 6.07) is 2.95. The van der Waals surface area contributed by atoms with Gasteiger partial charge in [0.2, 0.25) is 5.91 Å². The number of nitrogens with two attached hydrogens (primary N) is 1. The predicted octanol–water partition coefficient (Wildman–Crippen LogP) is 1.25. The van der Waals surface area contributed by atoms with Crippen molar-refractivity contribution in [3.8, 4) is 0 Å². The summed E-state index contributed by atoms with van der Waals surface area (Å²) in [5, 5.41) is 13.1. The first-order chi connectivity index (χ1) is 9.06. The van der Waals surface area contributed by atoms with Crippen molar-refractivity contribution in [1.82, 2.24) is 0 Å². The molecular weight excluding hydrogens is 266 g/mol. The van der Waals surface area contributed by atoms with Crippen molar-refractivity contribution < 1.29 is 9.90 Å². The topological polar surface area (TPSA) is 78.6 Å². The number of halogens is 1. The van der Waals surface area contributed by atoms with Crippen LogP contribution >= 0.6 is 11.6 Å². The molecule has 4 N–H and O–H groups in total. The molecule has 1 aromatic rings. The van der Waals surface area contributed by atoms with Crippen LogP contribution < -0.4 is 16.0 Å². The molecule has 102 valence electrons. The first kappa shape index (κ1) is 12.7. The Balaban J connectivity index is 1.95. The molecule has 0 bridgehead atoms. The van der Waals surface area contributed by atoms with Crippen LogP contribution in [0, 0.1) is 0 Å². The Kier molecular flexibility index (Phi) is 3.12. The van der Waals surface area contributed by atoms with Crippen LogP contribution in [0.15, 0.2) is 12.1 Å². The van der Waals surface area contributed by atoms with E-state index in [1.807, 2.05) is 11.0 Å². The molecule has 0 radical (unpaired) electrons. The van der Waals surface area contributed by atoms with Crippen LogP contribution in [0.3, 0.4) is 0 Å². The lowest BCUT2D eigenvalue weighted by Gasteiger charge is -2.32. The van der Waals surface area contributed by atoms with Crippen molar-refractivity contribution in [3.05, 3.63) is 22.7 Å². The van der Waals surface area contributed by atoms with E-state index in [-0.39, 0.29) is 12.0 Å². The maximum atomic E-state index is 11.5. The third kappa shape index (κ3) is 2.18. The summed E-state index contributed by atoms with van der Waals surface area (Å²) in [4.78, 5) is 13.6. The van der Waals surface area contributed by atoms with Crippen LogP contribution in [0.5, 0.6) is 0 Å². The van der Waals surface area contributed by atoms with Gasteiger partial charge in [-0.15, -0.1) is 0 Å². The third-order valence-electron chi connectivity index (χ3n) is 3.73. The fourth-order valence-electron chi connectivity index (χ4n) is 2.71. The van der Waals surface area contributed by atoms with Gasteiger partial charge in [-0.1, -0.05) is 11.6 Å². The van der Waals surface area contributed by atoms with Crippen molar-refractivity contribution in [2.24, 2.45) is 5.73 Å². The molecule has 1 fully saturated rings. The second-order valence-corrected chi connectivity index (χ2v) is 5.51. The molecule has 0 spiro atoms. The Morgan fingerprint density at radius 2 is 2.26 bits per heavy atom. The molecule has 5 nitrogen and oxygen atoms in total. The first-order valence-electron chi connectivity index (χ1n) is 6.39. The summed E-state index contributed by atoms with van der Waals surface area (Å²) < 4.78 is 0. The van der Waals surface area contributed by atoms with E-state index in [0.717, 1.165) is 36.3 Å². The van der Waals surface area contributed by atoms with Gasteiger partial charge in [-0.3, -0.25) is 4.79 Å². The number of carbonyl (C=O) groups excluding carboxylic acids is 1. The number of rotatable bonds is 1. The van der Waals surface area contributed by atoms with E-state index in [1.54, 1.807) is 6.07 Å². The quantitative estimate of drug-likeness (QED) is 0.724. The van der Waals surface area contributed by atoms with Crippen molar-refractivity contribution >= 4 is 28.9 Å². The second-order valence-electron chi connectivity index (χ2n) is 5.10. The average molecular weight is 282 g/mol. The van der Waals surface area contributed by atoms with Gasteiger partial charge in [-0.25, -0.2) is 0 Å². The predicted molar refractivity (Wildman–Crippen MR) is 74.5 cm³/mol. The lowest BCUT2D eigenvalue weighted by atomic mass is 10.0. The normalized spacial score (nSPS) is 26.3. The van der Waals surface area contributed by atoms with E-state index >= 15 is 0 Å². The Morgan fingerprint density at radius 1 is 1.47 bits per heavy atom. The second kappa shape index (κ2) is 4.67. The van der Waals surface area contributed by atoms with Gasteiger partial charge in [-0.2, -0.15) is 0 Å². The molecule has 2 atom stereocenters. The number of benzene rings is 1. The van der Waals surface area contributed by atoms with E-state index in [0.29, 0.717) is 11.6 Å². The Labute approximate surface area is 116 Å². The number of carbonyl (C=O) groups is 1. The number of anilines is 2. The summed E-state index contributed by atoms with van der Waals surface area (Å²) in [6.07, 6.45) is 1.43. The highest BCUT2D eigenvalue weighted by Crippen LogP contribution is 2.38. The highest BCUT2D eigenvalue weighted by molar-refractivity contribution is 6.33. The average Bonchev–Trinajstić information content (AvgIpc) is 2.65. The highest BCUT2D eigenvalue weighted by atomic mass is 35.5. The molecule has 2 unspecified atom stereocenters. The SMILES string of the molecule is NC1C(=O)Nc2cc(N3CCCC(O)C3)c(Cl)cc21. The molecule has 1 aromatic carbocycles. The van der Waals surface area contributed by atoms with Crippen LogP contribution in [0.4, 0.5) is 11.4 Å². The van der Waals surface area contributed by atoms with Gasteiger partial charge in [-0.05, 0) is 25.0 Å². The van der Waals surface area contributed by atoms with Gasteiger partial charge >= 0.3 is 0 Å². The first-order valence-corrected chi connectivity index (χ1v) is 6.77. The standard InChI is InChI=1S/C13H16ClN3O2/c14-9-4-8-10(16-13(19)12(8)15)5-11(9)17-3-1-2-7(18)6-17/h4-5,7,12,18H,1-3,6,15H2,(H,16,19). The minimum atomic E-state index is -0.645. The van der Waals surface area contributed by atoms with E-state index in [2.05, 4.69) is 5.32 Å². The number of hydrogen-bond acceptors (Lipinski definition) is 4. The molecular formula is C13H16ClN3O2. The zero-order valence-electron chi connectivity index (χ0n) is 10.4. The van der Waals surface area contributed by atoms with Crippen molar-refractivity contribution in [3.63, 3.8) is 0 Å². The molecule has 0 aromatic heterocycles. The zero-order chi connectivity index (χ0) is 13.6. The number of aliphatic hydroxyl groups excluding tert-OH is 1. The number of nitrogens with one attached hydrogen (secondary N) is 1. The monoisotopic (exact) mass is 281 g/mol. The largest absolute Gasteiger partial charge is 0.391 e. The van der Waals surface area contributed by atoms with Gasteiger partial charge in [0, 0.05) is 24.3 Å². The van der Waals surface area contributed by atoms with E-state index < -0.39 is 6.04 Å². The number of β-amino-alcohol motifs (C(OH)–C–C–N with tert-alkyl or cyclic N) is 1. The van der Waals surface area contributed by atoms with Gasteiger partial charge in [0.25, 0.3) is 0 Å². The fraction of sp³-hybridized carbons (Fsp3) is 0.462. The summed E-state index contributed by atoms with van der Waals surface area (Å²) in [6.45, 7) is 1.42. The number of nitrogens with zero attached hydrogens (tertiary/aromatic N) is 1. The minimum absolute atomic E-state index is 0.207. The van der Waals surface area contributed by atoms with Gasteiger partial charge < -0.3 is 21.1 Å². The molecule has 19 heavy (non-hydrogen) atoms. The number of hydrogen-bond donors (Lipinski definition) is 3.